The highest BCUT2D eigenvalue weighted by Crippen LogP contribution is 2.36. The number of nitrogens with zero attached hydrogens (tertiary/aromatic N) is 1. The van der Waals surface area contributed by atoms with Crippen LogP contribution in [-0.4, -0.2) is 50.1 Å². The molecule has 4 rings (SSSR count). The molecule has 2 aromatic carbocycles. The van der Waals surface area contributed by atoms with E-state index in [0.717, 1.165) is 12.0 Å². The Kier molecular flexibility index (Phi) is 6.58. The first-order chi connectivity index (χ1) is 15.5. The van der Waals surface area contributed by atoms with E-state index in [1.54, 1.807) is 30.0 Å². The molecular formula is C24H27N3O5. The topological polar surface area (TPSA) is 97.0 Å². The zero-order valence-corrected chi connectivity index (χ0v) is 18.0. The zero-order valence-electron chi connectivity index (χ0n) is 18.0. The second-order valence-electron chi connectivity index (χ2n) is 7.99. The predicted octanol–water partition coefficient (Wildman–Crippen LogP) is 1.67. The van der Waals surface area contributed by atoms with Crippen LogP contribution in [0.4, 0.5) is 5.69 Å². The summed E-state index contributed by atoms with van der Waals surface area (Å²) in [4.78, 5) is 39.2. The van der Waals surface area contributed by atoms with Crippen molar-refractivity contribution in [2.75, 3.05) is 31.2 Å². The summed E-state index contributed by atoms with van der Waals surface area (Å²) in [7, 11) is 0. The van der Waals surface area contributed by atoms with E-state index < -0.39 is 12.0 Å². The first-order valence-electron chi connectivity index (χ1n) is 10.8. The lowest BCUT2D eigenvalue weighted by molar-refractivity contribution is -0.130. The molecule has 2 heterocycles. The normalized spacial score (nSPS) is 18.2. The van der Waals surface area contributed by atoms with Crippen LogP contribution in [0.3, 0.4) is 0 Å². The summed E-state index contributed by atoms with van der Waals surface area (Å²) in [5.41, 5.74) is 1.80. The minimum Gasteiger partial charge on any atom is -0.486 e. The van der Waals surface area contributed by atoms with Crippen LogP contribution >= 0.6 is 0 Å². The Morgan fingerprint density at radius 2 is 1.84 bits per heavy atom. The first-order valence-corrected chi connectivity index (χ1v) is 10.8. The van der Waals surface area contributed by atoms with E-state index in [9.17, 15) is 14.4 Å². The van der Waals surface area contributed by atoms with Crippen LogP contribution in [0.5, 0.6) is 11.5 Å². The summed E-state index contributed by atoms with van der Waals surface area (Å²) in [6.45, 7) is 3.34. The van der Waals surface area contributed by atoms with E-state index in [1.165, 1.54) is 0 Å². The van der Waals surface area contributed by atoms with Crippen LogP contribution in [-0.2, 0) is 20.8 Å². The van der Waals surface area contributed by atoms with Gasteiger partial charge in [-0.15, -0.1) is 0 Å². The van der Waals surface area contributed by atoms with Crippen molar-refractivity contribution < 1.29 is 23.9 Å². The van der Waals surface area contributed by atoms with Crippen molar-refractivity contribution in [3.05, 3.63) is 54.1 Å². The highest BCUT2D eigenvalue weighted by molar-refractivity contribution is 6.01. The third-order valence-electron chi connectivity index (χ3n) is 5.64. The van der Waals surface area contributed by atoms with Crippen LogP contribution in [0.15, 0.2) is 48.5 Å². The van der Waals surface area contributed by atoms with Crippen molar-refractivity contribution in [2.45, 2.75) is 25.8 Å². The molecule has 0 saturated carbocycles. The fraction of sp³-hybridized carbons (Fsp3) is 0.375. The lowest BCUT2D eigenvalue weighted by Crippen LogP contribution is -2.47. The average Bonchev–Trinajstić information content (AvgIpc) is 3.21. The minimum absolute atomic E-state index is 0.0998. The Hall–Kier alpha value is -3.55. The average molecular weight is 437 g/mol. The molecule has 3 amide bonds. The molecule has 0 aliphatic carbocycles. The largest absolute Gasteiger partial charge is 0.486 e. The lowest BCUT2D eigenvalue weighted by Gasteiger charge is -2.22. The molecule has 8 heteroatoms. The Morgan fingerprint density at radius 1 is 1.09 bits per heavy atom. The molecule has 2 aliphatic heterocycles. The minimum atomic E-state index is -0.684. The number of carbonyl (C=O) groups excluding carboxylic acids is 3. The Morgan fingerprint density at radius 3 is 2.62 bits per heavy atom. The summed E-state index contributed by atoms with van der Waals surface area (Å²) in [6.07, 6.45) is 0.817. The van der Waals surface area contributed by atoms with Gasteiger partial charge in [0, 0.05) is 31.3 Å². The van der Waals surface area contributed by atoms with E-state index in [2.05, 4.69) is 10.6 Å². The molecule has 168 valence electrons. The van der Waals surface area contributed by atoms with E-state index in [1.807, 2.05) is 30.3 Å². The summed E-state index contributed by atoms with van der Waals surface area (Å²) >= 11 is 0. The van der Waals surface area contributed by atoms with E-state index in [0.29, 0.717) is 36.9 Å². The smallest absolute Gasteiger partial charge is 0.242 e. The van der Waals surface area contributed by atoms with Crippen molar-refractivity contribution in [3.8, 4) is 11.5 Å². The first kappa shape index (κ1) is 21.7. The summed E-state index contributed by atoms with van der Waals surface area (Å²) in [6, 6.07) is 14.5. The van der Waals surface area contributed by atoms with Crippen LogP contribution in [0.2, 0.25) is 0 Å². The molecule has 1 fully saturated rings. The number of ether oxygens (including phenoxy) is 2. The fourth-order valence-corrected chi connectivity index (χ4v) is 3.86. The Balaban J connectivity index is 1.28. The molecule has 2 N–H and O–H groups in total. The van der Waals surface area contributed by atoms with Gasteiger partial charge in [0.15, 0.2) is 11.5 Å². The molecule has 2 aliphatic rings. The van der Waals surface area contributed by atoms with Gasteiger partial charge in [-0.2, -0.15) is 0 Å². The Bertz CT molecular complexity index is 994. The van der Waals surface area contributed by atoms with E-state index in [-0.39, 0.29) is 30.7 Å². The monoisotopic (exact) mass is 437 g/mol. The van der Waals surface area contributed by atoms with Gasteiger partial charge in [-0.3, -0.25) is 14.4 Å². The van der Waals surface area contributed by atoms with Gasteiger partial charge >= 0.3 is 0 Å². The number of hydrogen-bond acceptors (Lipinski definition) is 5. The molecule has 32 heavy (non-hydrogen) atoms. The number of amides is 3. The molecule has 0 spiro atoms. The van der Waals surface area contributed by atoms with Gasteiger partial charge in [0.1, 0.15) is 19.3 Å². The fourth-order valence-electron chi connectivity index (χ4n) is 3.86. The number of benzene rings is 2. The second-order valence-corrected chi connectivity index (χ2v) is 7.99. The van der Waals surface area contributed by atoms with Gasteiger partial charge in [-0.05, 0) is 31.0 Å². The van der Waals surface area contributed by atoms with Gasteiger partial charge in [0.25, 0.3) is 0 Å². The number of rotatable bonds is 7. The van der Waals surface area contributed by atoms with Crippen LogP contribution in [0, 0.1) is 5.92 Å². The number of fused-ring (bicyclic) bond motifs is 1. The van der Waals surface area contributed by atoms with E-state index in [4.69, 9.17) is 9.47 Å². The maximum absolute atomic E-state index is 12.7. The number of anilines is 1. The standard InChI is InChI=1S/C24H27N3O5/c1-16(23(29)25-10-9-17-5-3-2-4-6-17)26-24(30)18-13-22(28)27(15-18)19-7-8-20-21(14-19)32-12-11-31-20/h2-8,14,16,18H,9-13,15H2,1H3,(H,25,29)(H,26,30)/t16-,18?/m0/s1. The maximum Gasteiger partial charge on any atom is 0.242 e. The van der Waals surface area contributed by atoms with E-state index >= 15 is 0 Å². The molecule has 1 unspecified atom stereocenters. The quantitative estimate of drug-likeness (QED) is 0.687. The molecule has 0 radical (unpaired) electrons. The molecule has 2 atom stereocenters. The predicted molar refractivity (Wildman–Crippen MR) is 119 cm³/mol. The van der Waals surface area contributed by atoms with Crippen LogP contribution < -0.4 is 25.0 Å². The number of hydrogen-bond donors (Lipinski definition) is 2. The van der Waals surface area contributed by atoms with Gasteiger partial charge in [-0.1, -0.05) is 30.3 Å². The molecule has 0 aromatic heterocycles. The SMILES string of the molecule is C[C@H](NC(=O)C1CC(=O)N(c2ccc3c(c2)OCCO3)C1)C(=O)NCCc1ccccc1. The summed E-state index contributed by atoms with van der Waals surface area (Å²) < 4.78 is 11.1. The third-order valence-corrected chi connectivity index (χ3v) is 5.64. The lowest BCUT2D eigenvalue weighted by atomic mass is 10.1. The van der Waals surface area contributed by atoms with Crippen LogP contribution in [0.1, 0.15) is 18.9 Å². The van der Waals surface area contributed by atoms with Gasteiger partial charge in [-0.25, -0.2) is 0 Å². The highest BCUT2D eigenvalue weighted by atomic mass is 16.6. The van der Waals surface area contributed by atoms with Crippen molar-refractivity contribution in [1.82, 2.24) is 10.6 Å². The summed E-state index contributed by atoms with van der Waals surface area (Å²) in [5, 5.41) is 5.58. The molecular weight excluding hydrogens is 410 g/mol. The van der Waals surface area contributed by atoms with Gasteiger partial charge in [0.05, 0.1) is 5.92 Å². The van der Waals surface area contributed by atoms with Crippen molar-refractivity contribution in [2.24, 2.45) is 5.92 Å². The molecule has 2 aromatic rings. The molecule has 8 nitrogen and oxygen atoms in total. The second kappa shape index (κ2) is 9.72. The third kappa shape index (κ3) is 5.01. The molecule has 0 bridgehead atoms. The van der Waals surface area contributed by atoms with Gasteiger partial charge in [0.2, 0.25) is 17.7 Å². The Labute approximate surface area is 186 Å². The summed E-state index contributed by atoms with van der Waals surface area (Å²) in [5.74, 6) is 0.0340. The van der Waals surface area contributed by atoms with Crippen molar-refractivity contribution in [1.29, 1.82) is 0 Å². The maximum atomic E-state index is 12.7. The van der Waals surface area contributed by atoms with Crippen molar-refractivity contribution in [3.63, 3.8) is 0 Å². The zero-order chi connectivity index (χ0) is 22.5. The van der Waals surface area contributed by atoms with Crippen LogP contribution in [0.25, 0.3) is 0 Å². The highest BCUT2D eigenvalue weighted by Gasteiger charge is 2.36. The van der Waals surface area contributed by atoms with Crippen molar-refractivity contribution >= 4 is 23.4 Å². The molecule has 1 saturated heterocycles. The number of carbonyl (C=O) groups is 3. The number of nitrogens with one attached hydrogen (secondary N) is 2. The van der Waals surface area contributed by atoms with Gasteiger partial charge < -0.3 is 25.0 Å².